The highest BCUT2D eigenvalue weighted by atomic mass is 32.2. The van der Waals surface area contributed by atoms with E-state index in [1.807, 2.05) is 72.8 Å². The van der Waals surface area contributed by atoms with Crippen molar-refractivity contribution >= 4 is 53.9 Å². The van der Waals surface area contributed by atoms with Crippen molar-refractivity contribution in [1.29, 1.82) is 0 Å². The topological polar surface area (TPSA) is 258 Å². The number of rotatable bonds is 24. The monoisotopic (exact) mass is 895 g/mol. The van der Waals surface area contributed by atoms with Gasteiger partial charge in [-0.15, -0.1) is 0 Å². The van der Waals surface area contributed by atoms with E-state index in [0.29, 0.717) is 22.6 Å². The van der Waals surface area contributed by atoms with E-state index in [-0.39, 0.29) is 44.1 Å². The number of carboxylic acid groups (broad SMARTS) is 2. The number of benzene rings is 4. The zero-order chi connectivity index (χ0) is 45.3. The summed E-state index contributed by atoms with van der Waals surface area (Å²) in [5.74, 6) is -1.44. The van der Waals surface area contributed by atoms with Crippen LogP contribution in [0.2, 0.25) is 0 Å². The van der Waals surface area contributed by atoms with Crippen molar-refractivity contribution < 1.29 is 64.1 Å². The van der Waals surface area contributed by atoms with Crippen molar-refractivity contribution in [2.24, 2.45) is 5.73 Å². The zero-order valence-corrected chi connectivity index (χ0v) is 35.4. The molecular formula is C44H53N3O13S2. The molecular weight excluding hydrogens is 843 g/mol. The minimum Gasteiger partial charge on any atom is -0.480 e. The fourth-order valence-corrected chi connectivity index (χ4v) is 7.71. The van der Waals surface area contributed by atoms with Gasteiger partial charge in [-0.3, -0.25) is 9.80 Å². The van der Waals surface area contributed by atoms with E-state index in [2.05, 4.69) is 0 Å². The first kappa shape index (κ1) is 50.9. The molecule has 4 aromatic carbocycles. The molecule has 4 rings (SSSR count). The quantitative estimate of drug-likeness (QED) is 0.0496. The SMILES string of the molecule is N[C@@H](C=O)[C@@H](O)[C@H](O)[C@H](O)CO.O=C(O)[C@H](CSCc1ccccc1)N(CCN(C(=O)OCc1ccccc1)[C@@H](CSCc1ccccc1)C(=O)O)C(=O)OCc1ccccc1. The number of nitrogens with zero attached hydrogens (tertiary/aromatic N) is 2. The normalized spacial score (nSPS) is 13.7. The fraction of sp³-hybridized carbons (Fsp3) is 0.341. The Morgan fingerprint density at radius 3 is 1.23 bits per heavy atom. The Morgan fingerprint density at radius 2 is 0.919 bits per heavy atom. The number of carbonyl (C=O) groups excluding carboxylic acids is 3. The molecule has 334 valence electrons. The van der Waals surface area contributed by atoms with Gasteiger partial charge in [-0.05, 0) is 22.3 Å². The van der Waals surface area contributed by atoms with Crippen LogP contribution in [0.25, 0.3) is 0 Å². The first-order chi connectivity index (χ1) is 29.9. The van der Waals surface area contributed by atoms with Crippen molar-refractivity contribution in [3.63, 3.8) is 0 Å². The van der Waals surface area contributed by atoms with Crippen molar-refractivity contribution in [3.8, 4) is 0 Å². The molecule has 0 aliphatic rings. The molecule has 8 N–H and O–H groups in total. The Kier molecular flexibility index (Phi) is 23.1. The Labute approximate surface area is 368 Å². The summed E-state index contributed by atoms with van der Waals surface area (Å²) in [6, 6.07) is 33.0. The molecule has 0 aliphatic heterocycles. The number of aldehydes is 1. The summed E-state index contributed by atoms with van der Waals surface area (Å²) in [7, 11) is 0. The van der Waals surface area contributed by atoms with Crippen LogP contribution in [-0.2, 0) is 48.6 Å². The number of thioether (sulfide) groups is 2. The van der Waals surface area contributed by atoms with Crippen LogP contribution in [0.5, 0.6) is 0 Å². The Morgan fingerprint density at radius 1 is 0.581 bits per heavy atom. The first-order valence-electron chi connectivity index (χ1n) is 19.4. The molecule has 0 spiro atoms. The van der Waals surface area contributed by atoms with Crippen LogP contribution >= 0.6 is 23.5 Å². The Balaban J connectivity index is 0.000000742. The van der Waals surface area contributed by atoms with E-state index in [1.165, 1.54) is 23.5 Å². The predicted octanol–water partition coefficient (Wildman–Crippen LogP) is 3.62. The molecule has 0 radical (unpaired) electrons. The lowest BCUT2D eigenvalue weighted by Crippen LogP contribution is -2.53. The average Bonchev–Trinajstić information content (AvgIpc) is 3.30. The molecule has 0 unspecified atom stereocenters. The number of ether oxygens (including phenoxy) is 2. The molecule has 6 atom stereocenters. The Bertz CT molecular complexity index is 1800. The second-order valence-electron chi connectivity index (χ2n) is 13.6. The average molecular weight is 896 g/mol. The molecule has 2 amide bonds. The number of hydrogen-bond acceptors (Lipinski definition) is 14. The smallest absolute Gasteiger partial charge is 0.410 e. The lowest BCUT2D eigenvalue weighted by Gasteiger charge is -2.33. The fourth-order valence-electron chi connectivity index (χ4n) is 5.53. The number of carbonyl (C=O) groups is 5. The van der Waals surface area contributed by atoms with Crippen LogP contribution in [0.4, 0.5) is 9.59 Å². The molecule has 0 aromatic heterocycles. The maximum atomic E-state index is 13.6. The van der Waals surface area contributed by atoms with Gasteiger partial charge in [0.25, 0.3) is 0 Å². The van der Waals surface area contributed by atoms with E-state index in [0.717, 1.165) is 20.9 Å². The first-order valence-corrected chi connectivity index (χ1v) is 21.7. The summed E-state index contributed by atoms with van der Waals surface area (Å²) >= 11 is 2.67. The number of aliphatic carboxylic acids is 2. The highest BCUT2D eigenvalue weighted by Gasteiger charge is 2.36. The van der Waals surface area contributed by atoms with Crippen LogP contribution in [0, 0.1) is 0 Å². The van der Waals surface area contributed by atoms with Crippen LogP contribution in [-0.4, -0.2) is 138 Å². The molecule has 0 heterocycles. The van der Waals surface area contributed by atoms with Gasteiger partial charge in [-0.25, -0.2) is 19.2 Å². The third-order valence-corrected chi connectivity index (χ3v) is 11.2. The van der Waals surface area contributed by atoms with Crippen LogP contribution < -0.4 is 5.73 Å². The number of hydrogen-bond donors (Lipinski definition) is 7. The highest BCUT2D eigenvalue weighted by molar-refractivity contribution is 7.98. The summed E-state index contributed by atoms with van der Waals surface area (Å²) in [6.45, 7) is -1.54. The maximum absolute atomic E-state index is 13.6. The molecule has 4 aromatic rings. The van der Waals surface area contributed by atoms with Gasteiger partial charge < -0.3 is 50.6 Å². The van der Waals surface area contributed by atoms with Crippen LogP contribution in [0.3, 0.4) is 0 Å². The van der Waals surface area contributed by atoms with Gasteiger partial charge in [0.2, 0.25) is 0 Å². The maximum Gasteiger partial charge on any atom is 0.410 e. The lowest BCUT2D eigenvalue weighted by molar-refractivity contribution is -0.143. The van der Waals surface area contributed by atoms with Crippen molar-refractivity contribution in [2.75, 3.05) is 31.2 Å². The summed E-state index contributed by atoms with van der Waals surface area (Å²) in [5, 5.41) is 55.8. The summed E-state index contributed by atoms with van der Waals surface area (Å²) in [5.41, 5.74) is 8.43. The van der Waals surface area contributed by atoms with E-state index < -0.39 is 67.2 Å². The van der Waals surface area contributed by atoms with Gasteiger partial charge in [0.05, 0.1) is 12.6 Å². The number of aliphatic hydroxyl groups is 4. The second kappa shape index (κ2) is 28.2. The third-order valence-electron chi connectivity index (χ3n) is 9.04. The molecule has 0 bridgehead atoms. The summed E-state index contributed by atoms with van der Waals surface area (Å²) in [6.07, 6.45) is -6.22. The Hall–Kier alpha value is -5.47. The van der Waals surface area contributed by atoms with Crippen LogP contribution in [0.1, 0.15) is 22.3 Å². The van der Waals surface area contributed by atoms with Gasteiger partial charge in [0, 0.05) is 36.1 Å². The van der Waals surface area contributed by atoms with Gasteiger partial charge in [-0.1, -0.05) is 121 Å². The van der Waals surface area contributed by atoms with Gasteiger partial charge in [-0.2, -0.15) is 23.5 Å². The standard InChI is InChI=1S/C38H40N2O8S2.C6H13NO5/c41-35(42)33(27-49-25-31-17-9-3-10-18-31)39(37(45)47-23-29-13-5-1-6-14-29)21-22-40(38(46)48-24-30-15-7-2-8-16-30)34(36(43)44)28-50-26-32-19-11-4-12-20-32;7-3(1-8)5(11)6(12)4(10)2-9/h1-20,33-34H,21-28H2,(H,41,42)(H,43,44);1,3-6,9-12H,2,7H2/t33-,34-;3-,4+,5+,6+/m00/s1. The van der Waals surface area contributed by atoms with Gasteiger partial charge >= 0.3 is 24.1 Å². The van der Waals surface area contributed by atoms with Crippen molar-refractivity contribution in [3.05, 3.63) is 144 Å². The number of nitrogens with two attached hydrogens (primary N) is 1. The highest BCUT2D eigenvalue weighted by Crippen LogP contribution is 2.20. The predicted molar refractivity (Wildman–Crippen MR) is 234 cm³/mol. The minimum absolute atomic E-state index is 0.0262. The molecule has 0 saturated heterocycles. The molecule has 62 heavy (non-hydrogen) atoms. The molecule has 18 heteroatoms. The zero-order valence-electron chi connectivity index (χ0n) is 33.8. The second-order valence-corrected chi connectivity index (χ2v) is 15.7. The van der Waals surface area contributed by atoms with E-state index in [4.69, 9.17) is 35.6 Å². The van der Waals surface area contributed by atoms with E-state index in [1.54, 1.807) is 48.5 Å². The van der Waals surface area contributed by atoms with Gasteiger partial charge in [0.15, 0.2) is 0 Å². The third kappa shape index (κ3) is 17.9. The minimum atomic E-state index is -1.62. The van der Waals surface area contributed by atoms with Crippen molar-refractivity contribution in [1.82, 2.24) is 9.80 Å². The van der Waals surface area contributed by atoms with Crippen molar-refractivity contribution in [2.45, 2.75) is 61.2 Å². The molecule has 0 fully saturated rings. The number of aliphatic hydroxyl groups excluding tert-OH is 4. The van der Waals surface area contributed by atoms with E-state index >= 15 is 0 Å². The summed E-state index contributed by atoms with van der Waals surface area (Å²) in [4.78, 5) is 64.6. The van der Waals surface area contributed by atoms with E-state index in [9.17, 15) is 34.2 Å². The largest absolute Gasteiger partial charge is 0.480 e. The molecule has 0 aliphatic carbocycles. The lowest BCUT2D eigenvalue weighted by atomic mass is 10.0. The summed E-state index contributed by atoms with van der Waals surface area (Å²) < 4.78 is 11.1. The van der Waals surface area contributed by atoms with Gasteiger partial charge in [0.1, 0.15) is 49.9 Å². The molecule has 16 nitrogen and oxygen atoms in total. The number of amides is 2. The molecule has 0 saturated carbocycles. The van der Waals surface area contributed by atoms with Crippen LogP contribution in [0.15, 0.2) is 121 Å². The number of carboxylic acids is 2.